The molecular weight excluding hydrogens is 480 g/mol. The summed E-state index contributed by atoms with van der Waals surface area (Å²) in [5.74, 6) is 1.65. The number of methoxy groups -OCH3 is 1. The Morgan fingerprint density at radius 2 is 1.66 bits per heavy atom. The summed E-state index contributed by atoms with van der Waals surface area (Å²) in [6.45, 7) is 1.97. The largest absolute Gasteiger partial charge is 0.497 e. The lowest BCUT2D eigenvalue weighted by molar-refractivity contribution is 0.415. The van der Waals surface area contributed by atoms with Crippen molar-refractivity contribution in [1.29, 1.82) is 0 Å². The Morgan fingerprint density at radius 3 is 2.40 bits per heavy atom. The van der Waals surface area contributed by atoms with E-state index >= 15 is 0 Å². The van der Waals surface area contributed by atoms with Gasteiger partial charge in [-0.1, -0.05) is 23.7 Å². The Morgan fingerprint density at radius 1 is 0.914 bits per heavy atom. The molecule has 172 valence electrons. The second kappa shape index (κ2) is 8.37. The highest BCUT2D eigenvalue weighted by Crippen LogP contribution is 2.32. The molecule has 0 saturated heterocycles. The SMILES string of the molecule is COc1ccc(-n2c(C)nc3cc(-n4cnc5cc(-c6ccc(Cl)cc6)sc5c4=O)ccc32)cc1. The van der Waals surface area contributed by atoms with E-state index in [1.807, 2.05) is 79.7 Å². The fourth-order valence-electron chi connectivity index (χ4n) is 4.25. The summed E-state index contributed by atoms with van der Waals surface area (Å²) in [4.78, 5) is 23.7. The maximum atomic E-state index is 13.4. The molecule has 0 radical (unpaired) electrons. The molecule has 0 unspecified atom stereocenters. The molecule has 0 N–H and O–H groups in total. The fourth-order valence-corrected chi connectivity index (χ4v) is 5.42. The number of aryl methyl sites for hydroxylation is 1. The van der Waals surface area contributed by atoms with E-state index in [1.54, 1.807) is 18.0 Å². The van der Waals surface area contributed by atoms with Crippen LogP contribution in [-0.4, -0.2) is 26.2 Å². The van der Waals surface area contributed by atoms with Crippen molar-refractivity contribution in [2.45, 2.75) is 6.92 Å². The first-order valence-corrected chi connectivity index (χ1v) is 12.1. The number of thiophene rings is 1. The van der Waals surface area contributed by atoms with Crippen LogP contribution in [0.15, 0.2) is 83.9 Å². The van der Waals surface area contributed by atoms with Crippen LogP contribution < -0.4 is 10.3 Å². The van der Waals surface area contributed by atoms with Gasteiger partial charge in [-0.15, -0.1) is 11.3 Å². The van der Waals surface area contributed by atoms with Gasteiger partial charge in [0.15, 0.2) is 0 Å². The monoisotopic (exact) mass is 498 g/mol. The third-order valence-corrected chi connectivity index (χ3v) is 7.39. The minimum atomic E-state index is -0.106. The van der Waals surface area contributed by atoms with Crippen molar-refractivity contribution in [1.82, 2.24) is 19.1 Å². The van der Waals surface area contributed by atoms with Gasteiger partial charge in [-0.25, -0.2) is 9.97 Å². The number of hydrogen-bond donors (Lipinski definition) is 0. The number of ether oxygens (including phenoxy) is 1. The average Bonchev–Trinajstić information content (AvgIpc) is 3.45. The number of aromatic nitrogens is 4. The van der Waals surface area contributed by atoms with Crippen molar-refractivity contribution >= 4 is 44.2 Å². The molecule has 3 aromatic carbocycles. The molecule has 3 heterocycles. The number of fused-ring (bicyclic) bond motifs is 2. The van der Waals surface area contributed by atoms with Gasteiger partial charge in [0, 0.05) is 15.6 Å². The molecular formula is C27H19ClN4O2S. The number of nitrogens with zero attached hydrogens (tertiary/aromatic N) is 4. The first kappa shape index (κ1) is 21.6. The van der Waals surface area contributed by atoms with Gasteiger partial charge in [-0.05, 0) is 73.2 Å². The van der Waals surface area contributed by atoms with E-state index in [0.29, 0.717) is 15.2 Å². The molecule has 0 amide bonds. The highest BCUT2D eigenvalue weighted by atomic mass is 35.5. The average molecular weight is 499 g/mol. The van der Waals surface area contributed by atoms with E-state index in [0.717, 1.165) is 44.4 Å². The van der Waals surface area contributed by atoms with Crippen molar-refractivity contribution in [3.63, 3.8) is 0 Å². The molecule has 0 saturated carbocycles. The predicted molar refractivity (Wildman–Crippen MR) is 142 cm³/mol. The number of benzene rings is 3. The summed E-state index contributed by atoms with van der Waals surface area (Å²) >= 11 is 7.45. The van der Waals surface area contributed by atoms with Crippen LogP contribution in [0.5, 0.6) is 5.75 Å². The van der Waals surface area contributed by atoms with Gasteiger partial charge in [0.2, 0.25) is 0 Å². The van der Waals surface area contributed by atoms with Gasteiger partial charge in [0.1, 0.15) is 22.6 Å². The zero-order valence-electron chi connectivity index (χ0n) is 18.9. The van der Waals surface area contributed by atoms with Crippen molar-refractivity contribution in [3.05, 3.63) is 100 Å². The van der Waals surface area contributed by atoms with Gasteiger partial charge in [-0.2, -0.15) is 0 Å². The summed E-state index contributed by atoms with van der Waals surface area (Å²) in [6.07, 6.45) is 1.58. The lowest BCUT2D eigenvalue weighted by atomic mass is 10.2. The highest BCUT2D eigenvalue weighted by molar-refractivity contribution is 7.22. The van der Waals surface area contributed by atoms with Crippen molar-refractivity contribution in [3.8, 4) is 27.6 Å². The third-order valence-electron chi connectivity index (χ3n) is 5.98. The molecule has 0 bridgehead atoms. The number of imidazole rings is 1. The van der Waals surface area contributed by atoms with Crippen LogP contribution in [0.3, 0.4) is 0 Å². The zero-order valence-corrected chi connectivity index (χ0v) is 20.5. The minimum Gasteiger partial charge on any atom is -0.497 e. The zero-order chi connectivity index (χ0) is 24.1. The standard InChI is InChI=1S/C27H19ClN4O2S/c1-16-30-22-13-20(9-12-24(22)32(16)19-7-10-21(34-2)11-8-19)31-15-29-23-14-25(35-26(23)27(31)33)17-3-5-18(28)6-4-17/h3-15H,1-2H3. The first-order chi connectivity index (χ1) is 17.0. The lowest BCUT2D eigenvalue weighted by Crippen LogP contribution is -2.17. The Hall–Kier alpha value is -3.94. The highest BCUT2D eigenvalue weighted by Gasteiger charge is 2.14. The van der Waals surface area contributed by atoms with E-state index in [4.69, 9.17) is 21.3 Å². The smallest absolute Gasteiger partial charge is 0.275 e. The van der Waals surface area contributed by atoms with Crippen LogP contribution in [0, 0.1) is 6.92 Å². The minimum absolute atomic E-state index is 0.106. The van der Waals surface area contributed by atoms with Gasteiger partial charge in [-0.3, -0.25) is 13.9 Å². The molecule has 8 heteroatoms. The summed E-state index contributed by atoms with van der Waals surface area (Å²) in [6, 6.07) is 23.2. The summed E-state index contributed by atoms with van der Waals surface area (Å²) in [5, 5.41) is 0.676. The third kappa shape index (κ3) is 3.69. The molecule has 0 aliphatic carbocycles. The molecule has 0 aliphatic rings. The molecule has 0 aliphatic heterocycles. The summed E-state index contributed by atoms with van der Waals surface area (Å²) in [5.41, 5.74) is 5.05. The summed E-state index contributed by atoms with van der Waals surface area (Å²) < 4.78 is 9.54. The van der Waals surface area contributed by atoms with E-state index in [1.165, 1.54) is 11.3 Å². The lowest BCUT2D eigenvalue weighted by Gasteiger charge is -2.09. The number of halogens is 1. The molecule has 35 heavy (non-hydrogen) atoms. The van der Waals surface area contributed by atoms with Gasteiger partial charge in [0.05, 0.1) is 29.3 Å². The van der Waals surface area contributed by atoms with Crippen LogP contribution in [0.2, 0.25) is 5.02 Å². The number of hydrogen-bond acceptors (Lipinski definition) is 5. The Kier molecular flexibility index (Phi) is 5.16. The first-order valence-electron chi connectivity index (χ1n) is 10.9. The van der Waals surface area contributed by atoms with Gasteiger partial charge < -0.3 is 4.74 Å². The number of rotatable bonds is 4. The maximum Gasteiger partial charge on any atom is 0.275 e. The molecule has 6 aromatic rings. The fraction of sp³-hybridized carbons (Fsp3) is 0.0741. The van der Waals surface area contributed by atoms with E-state index < -0.39 is 0 Å². The predicted octanol–water partition coefficient (Wildman–Crippen LogP) is 6.42. The van der Waals surface area contributed by atoms with E-state index in [2.05, 4.69) is 9.55 Å². The molecule has 6 nitrogen and oxygen atoms in total. The quantitative estimate of drug-likeness (QED) is 0.281. The van der Waals surface area contributed by atoms with Crippen molar-refractivity contribution in [2.24, 2.45) is 0 Å². The van der Waals surface area contributed by atoms with Crippen LogP contribution in [0.25, 0.3) is 43.1 Å². The van der Waals surface area contributed by atoms with Crippen LogP contribution in [-0.2, 0) is 0 Å². The van der Waals surface area contributed by atoms with Crippen molar-refractivity contribution in [2.75, 3.05) is 7.11 Å². The van der Waals surface area contributed by atoms with E-state index in [-0.39, 0.29) is 5.56 Å². The molecule has 0 spiro atoms. The Bertz CT molecular complexity index is 1770. The van der Waals surface area contributed by atoms with Crippen LogP contribution in [0.4, 0.5) is 0 Å². The van der Waals surface area contributed by atoms with E-state index in [9.17, 15) is 4.79 Å². The van der Waals surface area contributed by atoms with Crippen LogP contribution in [0.1, 0.15) is 5.82 Å². The Labute approximate surface area is 209 Å². The normalized spacial score (nSPS) is 11.4. The van der Waals surface area contributed by atoms with Gasteiger partial charge in [0.25, 0.3) is 5.56 Å². The Balaban J connectivity index is 1.43. The second-order valence-electron chi connectivity index (χ2n) is 8.12. The second-order valence-corrected chi connectivity index (χ2v) is 9.61. The molecule has 0 atom stereocenters. The van der Waals surface area contributed by atoms with Gasteiger partial charge >= 0.3 is 0 Å². The topological polar surface area (TPSA) is 61.9 Å². The summed E-state index contributed by atoms with van der Waals surface area (Å²) in [7, 11) is 1.65. The van der Waals surface area contributed by atoms with Crippen LogP contribution >= 0.6 is 22.9 Å². The molecule has 6 rings (SSSR count). The van der Waals surface area contributed by atoms with Crippen molar-refractivity contribution < 1.29 is 4.74 Å². The molecule has 0 fully saturated rings. The maximum absolute atomic E-state index is 13.4. The molecule has 3 aromatic heterocycles.